The van der Waals surface area contributed by atoms with Gasteiger partial charge in [-0.25, -0.2) is 0 Å². The Bertz CT molecular complexity index is 4430. The maximum atomic E-state index is 2.81. The van der Waals surface area contributed by atoms with Crippen LogP contribution in [0.4, 0.5) is 45.5 Å². The molecular weight excluding hydrogens is 1010 g/mol. The van der Waals surface area contributed by atoms with Gasteiger partial charge in [-0.05, 0) is 181 Å². The van der Waals surface area contributed by atoms with E-state index in [0.29, 0.717) is 0 Å². The molecule has 2 unspecified atom stereocenters. The quantitative estimate of drug-likeness (QED) is 0.147. The minimum atomic E-state index is -0.439. The lowest BCUT2D eigenvalue weighted by Gasteiger charge is -2.53. The molecule has 11 aromatic rings. The predicted octanol–water partition coefficient (Wildman–Crippen LogP) is 18.2. The summed E-state index contributed by atoms with van der Waals surface area (Å²) in [4.78, 5) is 8.19. The Labute approximate surface area is 496 Å². The van der Waals surface area contributed by atoms with Crippen LogP contribution in [0.3, 0.4) is 0 Å². The maximum Gasteiger partial charge on any atom is 0.252 e. The first kappa shape index (κ1) is 50.6. The smallest absolute Gasteiger partial charge is 0.252 e. The van der Waals surface area contributed by atoms with Gasteiger partial charge in [0.25, 0.3) is 6.71 Å². The molecule has 2 aliphatic carbocycles. The summed E-state index contributed by atoms with van der Waals surface area (Å²) in [5.74, 6) is 0. The summed E-state index contributed by atoms with van der Waals surface area (Å²) in [6.07, 6.45) is 3.85. The molecule has 0 saturated heterocycles. The van der Waals surface area contributed by atoms with E-state index in [1.807, 2.05) is 0 Å². The first-order valence-electron chi connectivity index (χ1n) is 30.4. The Kier molecular flexibility index (Phi) is 11.3. The van der Waals surface area contributed by atoms with Crippen LogP contribution in [0.5, 0.6) is 0 Å². The van der Waals surface area contributed by atoms with Crippen LogP contribution in [0.25, 0.3) is 33.4 Å². The number of hydrogen-bond donors (Lipinski definition) is 0. The third-order valence-corrected chi connectivity index (χ3v) is 19.9. The van der Waals surface area contributed by atoms with Gasteiger partial charge in [0.1, 0.15) is 0 Å². The van der Waals surface area contributed by atoms with Crippen LogP contribution in [0.2, 0.25) is 0 Å². The van der Waals surface area contributed by atoms with E-state index in [1.54, 1.807) is 0 Å². The Morgan fingerprint density at radius 3 is 1.63 bits per heavy atom. The van der Waals surface area contributed by atoms with Crippen LogP contribution < -0.4 is 31.1 Å². The van der Waals surface area contributed by atoms with Crippen molar-refractivity contribution < 1.29 is 0 Å². The highest BCUT2D eigenvalue weighted by molar-refractivity contribution is 7.00. The lowest BCUT2D eigenvalue weighted by molar-refractivity contribution is 0.281. The third-order valence-electron chi connectivity index (χ3n) is 19.9. The fourth-order valence-corrected chi connectivity index (χ4v) is 16.1. The normalized spacial score (nSPS) is 18.5. The zero-order valence-corrected chi connectivity index (χ0v) is 49.0. The van der Waals surface area contributed by atoms with Crippen LogP contribution in [0.15, 0.2) is 255 Å². The zero-order chi connectivity index (χ0) is 56.7. The molecule has 3 aliphatic heterocycles. The number of nitrogens with zero attached hydrogens (tertiary/aromatic N) is 3. The molecule has 0 aromatic heterocycles. The molecular formula is C80H68BN3. The van der Waals surface area contributed by atoms with Crippen molar-refractivity contribution in [2.75, 3.05) is 14.7 Å². The second-order valence-corrected chi connectivity index (χ2v) is 26.6. The second kappa shape index (κ2) is 18.7. The maximum absolute atomic E-state index is 2.81. The first-order chi connectivity index (χ1) is 40.8. The topological polar surface area (TPSA) is 9.72 Å². The van der Waals surface area contributed by atoms with Crippen LogP contribution in [-0.2, 0) is 36.5 Å². The Hall–Kier alpha value is -9.12. The molecule has 0 spiro atoms. The molecule has 11 aromatic carbocycles. The van der Waals surface area contributed by atoms with E-state index in [2.05, 4.69) is 311 Å². The molecule has 406 valence electrons. The van der Waals surface area contributed by atoms with Gasteiger partial charge in [0, 0.05) is 50.8 Å². The molecule has 3 nitrogen and oxygen atoms in total. The van der Waals surface area contributed by atoms with E-state index in [9.17, 15) is 0 Å². The average molecular weight is 1080 g/mol. The van der Waals surface area contributed by atoms with Crippen LogP contribution in [-0.4, -0.2) is 12.3 Å². The lowest BCUT2D eigenvalue weighted by Crippen LogP contribution is -2.62. The Morgan fingerprint density at radius 1 is 0.369 bits per heavy atom. The minimum absolute atomic E-state index is 0.0712. The standard InChI is InChI=1S/C80H68BN3/c1-77(2,3)63-39-41-70(66(46-63)55-28-15-9-16-29-55)83-73-45-61-50-78(4,5)49-60(61)43-69(73)81-68-40-38-57(54-26-13-8-14-27-54)44-72(68)82(64-35-23-32-56(42-64)53-24-11-7-12-25-53)74-47-65(48-75(83)76(74)81)84-71-37-22-21-36-67(71)80(62-33-17-10-18-34-62)52-59-31-20-19-30-58(59)51-79(80,84)6/h7-48H,49-52H2,1-6H3. The van der Waals surface area contributed by atoms with E-state index >= 15 is 0 Å². The van der Waals surface area contributed by atoms with Gasteiger partial charge in [-0.15, -0.1) is 0 Å². The monoisotopic (exact) mass is 1080 g/mol. The van der Waals surface area contributed by atoms with E-state index in [-0.39, 0.29) is 23.0 Å². The van der Waals surface area contributed by atoms with Crippen molar-refractivity contribution in [1.82, 2.24) is 0 Å². The number of para-hydroxylation sites is 1. The van der Waals surface area contributed by atoms with Crippen molar-refractivity contribution in [3.63, 3.8) is 0 Å². The predicted molar refractivity (Wildman–Crippen MR) is 355 cm³/mol. The summed E-state index contributed by atoms with van der Waals surface area (Å²) in [5.41, 5.74) is 30.0. The van der Waals surface area contributed by atoms with Gasteiger partial charge < -0.3 is 14.7 Å². The van der Waals surface area contributed by atoms with Crippen molar-refractivity contribution in [1.29, 1.82) is 0 Å². The van der Waals surface area contributed by atoms with E-state index in [1.165, 1.54) is 129 Å². The summed E-state index contributed by atoms with van der Waals surface area (Å²) in [7, 11) is 0. The van der Waals surface area contributed by atoms with Gasteiger partial charge in [0.05, 0.1) is 11.2 Å². The summed E-state index contributed by atoms with van der Waals surface area (Å²) in [5, 5.41) is 0. The highest BCUT2D eigenvalue weighted by Gasteiger charge is 2.62. The van der Waals surface area contributed by atoms with Crippen molar-refractivity contribution in [3.05, 3.63) is 294 Å². The number of fused-ring (bicyclic) bond motifs is 9. The molecule has 84 heavy (non-hydrogen) atoms. The molecule has 0 N–H and O–H groups in total. The summed E-state index contributed by atoms with van der Waals surface area (Å²) in [6, 6.07) is 97.8. The fraction of sp³-hybridized carbons (Fsp3) is 0.175. The Balaban J connectivity index is 1.05. The molecule has 2 atom stereocenters. The SMILES string of the molecule is CC1(C)Cc2cc3c(cc2C1)N(c1ccc(C(C)(C)C)cc1-c1ccccc1)c1cc(N2c4ccccc4C4(c5ccccc5)Cc5ccccc5CC24C)cc2c1B3c1ccc(-c3ccccc3)cc1N2c1cccc(-c2ccccc2)c1. The number of anilines is 8. The van der Waals surface area contributed by atoms with Gasteiger partial charge in [0.2, 0.25) is 0 Å². The van der Waals surface area contributed by atoms with Gasteiger partial charge in [-0.3, -0.25) is 0 Å². The number of benzene rings is 11. The molecule has 4 heteroatoms. The second-order valence-electron chi connectivity index (χ2n) is 26.6. The molecule has 0 bridgehead atoms. The van der Waals surface area contributed by atoms with Gasteiger partial charge >= 0.3 is 0 Å². The number of hydrogen-bond acceptors (Lipinski definition) is 3. The molecule has 0 fully saturated rings. The summed E-state index contributed by atoms with van der Waals surface area (Å²) in [6.45, 7) is 14.5. The molecule has 0 radical (unpaired) electrons. The Morgan fingerprint density at radius 2 is 0.940 bits per heavy atom. The van der Waals surface area contributed by atoms with Crippen molar-refractivity contribution >= 4 is 68.6 Å². The molecule has 5 aliphatic rings. The minimum Gasteiger partial charge on any atom is -0.334 e. The molecule has 0 amide bonds. The van der Waals surface area contributed by atoms with Gasteiger partial charge in [0.15, 0.2) is 0 Å². The fourth-order valence-electron chi connectivity index (χ4n) is 16.1. The van der Waals surface area contributed by atoms with Crippen molar-refractivity contribution in [2.45, 2.75) is 83.6 Å². The van der Waals surface area contributed by atoms with E-state index < -0.39 is 5.54 Å². The number of rotatable bonds is 7. The van der Waals surface area contributed by atoms with Crippen molar-refractivity contribution in [3.8, 4) is 33.4 Å². The van der Waals surface area contributed by atoms with Gasteiger partial charge in [-0.2, -0.15) is 0 Å². The largest absolute Gasteiger partial charge is 0.334 e. The average Bonchev–Trinajstić information content (AvgIpc) is 1.37. The molecule has 0 saturated carbocycles. The highest BCUT2D eigenvalue weighted by atomic mass is 15.3. The van der Waals surface area contributed by atoms with E-state index in [0.717, 1.165) is 31.4 Å². The van der Waals surface area contributed by atoms with Crippen LogP contribution >= 0.6 is 0 Å². The van der Waals surface area contributed by atoms with Crippen LogP contribution in [0, 0.1) is 5.41 Å². The molecule has 16 rings (SSSR count). The van der Waals surface area contributed by atoms with Crippen LogP contribution in [0.1, 0.15) is 80.5 Å². The summed E-state index contributed by atoms with van der Waals surface area (Å²) >= 11 is 0. The summed E-state index contributed by atoms with van der Waals surface area (Å²) < 4.78 is 0. The van der Waals surface area contributed by atoms with Crippen molar-refractivity contribution in [2.24, 2.45) is 5.41 Å². The highest BCUT2D eigenvalue weighted by Crippen LogP contribution is 2.63. The molecule has 3 heterocycles. The van der Waals surface area contributed by atoms with Gasteiger partial charge in [-0.1, -0.05) is 235 Å². The third kappa shape index (κ3) is 7.65. The lowest BCUT2D eigenvalue weighted by atomic mass is 9.33. The first-order valence-corrected chi connectivity index (χ1v) is 30.4. The zero-order valence-electron chi connectivity index (χ0n) is 49.0. The van der Waals surface area contributed by atoms with E-state index in [4.69, 9.17) is 0 Å².